The Morgan fingerprint density at radius 1 is 1.03 bits per heavy atom. The van der Waals surface area contributed by atoms with Crippen LogP contribution in [0.1, 0.15) is 18.1 Å². The Morgan fingerprint density at radius 2 is 1.69 bits per heavy atom. The van der Waals surface area contributed by atoms with Gasteiger partial charge >= 0.3 is 0 Å². The van der Waals surface area contributed by atoms with Gasteiger partial charge in [0.2, 0.25) is 15.9 Å². The van der Waals surface area contributed by atoms with E-state index in [0.29, 0.717) is 36.9 Å². The number of nitrogens with zero attached hydrogens (tertiary/aromatic N) is 2. The van der Waals surface area contributed by atoms with Gasteiger partial charge in [0.1, 0.15) is 19.8 Å². The van der Waals surface area contributed by atoms with Crippen LogP contribution < -0.4 is 13.8 Å². The van der Waals surface area contributed by atoms with Gasteiger partial charge in [0, 0.05) is 19.7 Å². The molecule has 3 rings (SSSR count). The van der Waals surface area contributed by atoms with Crippen molar-refractivity contribution in [1.29, 1.82) is 0 Å². The van der Waals surface area contributed by atoms with E-state index in [4.69, 9.17) is 9.47 Å². The second-order valence-corrected chi connectivity index (χ2v) is 9.15. The van der Waals surface area contributed by atoms with E-state index in [1.54, 1.807) is 32.2 Å². The molecule has 8 heteroatoms. The molecule has 7 nitrogen and oxygen atoms in total. The third-order valence-electron chi connectivity index (χ3n) is 4.76. The Hall–Kier alpha value is -2.74. The monoisotopic (exact) mass is 418 g/mol. The molecular formula is C21H26N2O5S. The van der Waals surface area contributed by atoms with Crippen LogP contribution in [0.25, 0.3) is 0 Å². The van der Waals surface area contributed by atoms with Crippen molar-refractivity contribution in [3.05, 3.63) is 53.6 Å². The summed E-state index contributed by atoms with van der Waals surface area (Å²) < 4.78 is 37.6. The van der Waals surface area contributed by atoms with Crippen molar-refractivity contribution in [2.45, 2.75) is 20.4 Å². The maximum Gasteiger partial charge on any atom is 0.243 e. The minimum absolute atomic E-state index is 0.115. The molecule has 29 heavy (non-hydrogen) atoms. The van der Waals surface area contributed by atoms with Gasteiger partial charge in [0.25, 0.3) is 0 Å². The Bertz CT molecular complexity index is 973. The lowest BCUT2D eigenvalue weighted by Crippen LogP contribution is -2.42. The van der Waals surface area contributed by atoms with Crippen LogP contribution in [0.2, 0.25) is 0 Å². The lowest BCUT2D eigenvalue weighted by atomic mass is 10.1. The number of carbonyl (C=O) groups excluding carboxylic acids is 1. The smallest absolute Gasteiger partial charge is 0.243 e. The molecule has 1 aliphatic rings. The number of benzene rings is 2. The standard InChI is InChI=1S/C21H26N2O5S/c1-4-29(25,26)23(18-9-10-19-20(13-18)28-12-11-27-19)15-21(24)22(3)14-17-7-5-16(2)6-8-17/h5-10,13H,4,11-12,14-15H2,1-3H3. The predicted octanol–water partition coefficient (Wildman–Crippen LogP) is 2.58. The summed E-state index contributed by atoms with van der Waals surface area (Å²) in [7, 11) is -1.99. The summed E-state index contributed by atoms with van der Waals surface area (Å²) in [5, 5.41) is 0. The van der Waals surface area contributed by atoms with Gasteiger partial charge in [-0.15, -0.1) is 0 Å². The third kappa shape index (κ3) is 5.00. The van der Waals surface area contributed by atoms with Crippen molar-refractivity contribution in [2.75, 3.05) is 36.9 Å². The van der Waals surface area contributed by atoms with Crippen LogP contribution in [0.15, 0.2) is 42.5 Å². The molecule has 1 amide bonds. The first kappa shape index (κ1) is 21.0. The molecule has 0 unspecified atom stereocenters. The Morgan fingerprint density at radius 3 is 2.34 bits per heavy atom. The van der Waals surface area contributed by atoms with Crippen LogP contribution in [0.4, 0.5) is 5.69 Å². The van der Waals surface area contributed by atoms with Crippen LogP contribution in [0.3, 0.4) is 0 Å². The fourth-order valence-corrected chi connectivity index (χ4v) is 4.05. The fraction of sp³-hybridized carbons (Fsp3) is 0.381. The van der Waals surface area contributed by atoms with Crippen molar-refractivity contribution in [1.82, 2.24) is 4.90 Å². The summed E-state index contributed by atoms with van der Waals surface area (Å²) in [5.41, 5.74) is 2.51. The van der Waals surface area contributed by atoms with Crippen molar-refractivity contribution >= 4 is 21.6 Å². The zero-order valence-corrected chi connectivity index (χ0v) is 17.7. The highest BCUT2D eigenvalue weighted by molar-refractivity contribution is 7.92. The summed E-state index contributed by atoms with van der Waals surface area (Å²) in [4.78, 5) is 14.3. The number of amides is 1. The molecule has 0 radical (unpaired) electrons. The molecule has 1 heterocycles. The molecule has 0 N–H and O–H groups in total. The maximum atomic E-state index is 12.8. The molecule has 0 atom stereocenters. The quantitative estimate of drug-likeness (QED) is 0.691. The van der Waals surface area contributed by atoms with Crippen LogP contribution in [-0.2, 0) is 21.4 Å². The number of hydrogen-bond acceptors (Lipinski definition) is 5. The van der Waals surface area contributed by atoms with Crippen molar-refractivity contribution in [3.63, 3.8) is 0 Å². The fourth-order valence-electron chi connectivity index (χ4n) is 2.99. The average Bonchev–Trinajstić information content (AvgIpc) is 2.73. The Labute approximate surface area is 171 Å². The molecule has 156 valence electrons. The summed E-state index contributed by atoms with van der Waals surface area (Å²) in [6.45, 7) is 4.53. The van der Waals surface area contributed by atoms with E-state index in [1.165, 1.54) is 4.90 Å². The zero-order valence-electron chi connectivity index (χ0n) is 16.9. The van der Waals surface area contributed by atoms with Gasteiger partial charge in [0.15, 0.2) is 11.5 Å². The first-order valence-electron chi connectivity index (χ1n) is 9.49. The summed E-state index contributed by atoms with van der Waals surface area (Å²) in [5.74, 6) is 0.635. The molecule has 0 bridgehead atoms. The van der Waals surface area contributed by atoms with Crippen LogP contribution in [0.5, 0.6) is 11.5 Å². The summed E-state index contributed by atoms with van der Waals surface area (Å²) >= 11 is 0. The molecule has 0 fully saturated rings. The second-order valence-electron chi connectivity index (χ2n) is 6.97. The van der Waals surface area contributed by atoms with Gasteiger partial charge in [0.05, 0.1) is 11.4 Å². The number of aryl methyl sites for hydroxylation is 1. The van der Waals surface area contributed by atoms with E-state index in [1.807, 2.05) is 31.2 Å². The first-order valence-corrected chi connectivity index (χ1v) is 11.1. The molecule has 2 aromatic rings. The van der Waals surface area contributed by atoms with Gasteiger partial charge in [-0.2, -0.15) is 0 Å². The molecular weight excluding hydrogens is 392 g/mol. The van der Waals surface area contributed by atoms with Crippen LogP contribution >= 0.6 is 0 Å². The zero-order chi connectivity index (χ0) is 21.0. The molecule has 0 aliphatic carbocycles. The van der Waals surface area contributed by atoms with E-state index in [-0.39, 0.29) is 18.2 Å². The van der Waals surface area contributed by atoms with Gasteiger partial charge in [-0.1, -0.05) is 29.8 Å². The highest BCUT2D eigenvalue weighted by atomic mass is 32.2. The number of anilines is 1. The molecule has 2 aromatic carbocycles. The van der Waals surface area contributed by atoms with Gasteiger partial charge in [-0.3, -0.25) is 9.10 Å². The van der Waals surface area contributed by atoms with Gasteiger partial charge < -0.3 is 14.4 Å². The van der Waals surface area contributed by atoms with Gasteiger partial charge in [-0.25, -0.2) is 8.42 Å². The third-order valence-corrected chi connectivity index (χ3v) is 6.50. The van der Waals surface area contributed by atoms with Gasteiger partial charge in [-0.05, 0) is 31.5 Å². The maximum absolute atomic E-state index is 12.8. The lowest BCUT2D eigenvalue weighted by molar-refractivity contribution is -0.128. The Balaban J connectivity index is 1.80. The number of carbonyl (C=O) groups is 1. The SMILES string of the molecule is CCS(=O)(=O)N(CC(=O)N(C)Cc1ccc(C)cc1)c1ccc2c(c1)OCCO2. The normalized spacial score (nSPS) is 13.1. The predicted molar refractivity (Wildman–Crippen MR) is 112 cm³/mol. The number of sulfonamides is 1. The summed E-state index contributed by atoms with van der Waals surface area (Å²) in [6, 6.07) is 12.8. The average molecular weight is 419 g/mol. The van der Waals surface area contributed by atoms with Crippen LogP contribution in [-0.4, -0.2) is 51.8 Å². The molecule has 0 spiro atoms. The molecule has 0 saturated heterocycles. The minimum Gasteiger partial charge on any atom is -0.486 e. The van der Waals surface area contributed by atoms with Crippen molar-refractivity contribution in [3.8, 4) is 11.5 Å². The number of rotatable bonds is 7. The van der Waals surface area contributed by atoms with E-state index < -0.39 is 10.0 Å². The lowest BCUT2D eigenvalue weighted by Gasteiger charge is -2.27. The number of likely N-dealkylation sites (N-methyl/N-ethyl adjacent to an activating group) is 1. The topological polar surface area (TPSA) is 76.2 Å². The highest BCUT2D eigenvalue weighted by Gasteiger charge is 2.26. The molecule has 0 saturated carbocycles. The van der Waals surface area contributed by atoms with Crippen molar-refractivity contribution < 1.29 is 22.7 Å². The van der Waals surface area contributed by atoms with Crippen molar-refractivity contribution in [2.24, 2.45) is 0 Å². The number of ether oxygens (including phenoxy) is 2. The number of fused-ring (bicyclic) bond motifs is 1. The van der Waals surface area contributed by atoms with E-state index in [2.05, 4.69) is 0 Å². The highest BCUT2D eigenvalue weighted by Crippen LogP contribution is 2.34. The van der Waals surface area contributed by atoms with E-state index >= 15 is 0 Å². The molecule has 0 aromatic heterocycles. The second kappa shape index (κ2) is 8.73. The number of hydrogen-bond donors (Lipinski definition) is 0. The first-order chi connectivity index (χ1) is 13.8. The van der Waals surface area contributed by atoms with Crippen LogP contribution in [0, 0.1) is 6.92 Å². The Kier molecular flexibility index (Phi) is 6.32. The minimum atomic E-state index is -3.66. The molecule has 1 aliphatic heterocycles. The largest absolute Gasteiger partial charge is 0.486 e. The van der Waals surface area contributed by atoms with E-state index in [9.17, 15) is 13.2 Å². The van der Waals surface area contributed by atoms with E-state index in [0.717, 1.165) is 15.4 Å². The summed E-state index contributed by atoms with van der Waals surface area (Å²) in [6.07, 6.45) is 0.